The Balaban J connectivity index is 1.78. The van der Waals surface area contributed by atoms with Crippen LogP contribution in [0.2, 0.25) is 0 Å². The van der Waals surface area contributed by atoms with Gasteiger partial charge >= 0.3 is 5.97 Å². The Bertz CT molecular complexity index is 799. The zero-order valence-electron chi connectivity index (χ0n) is 12.6. The molecule has 0 saturated heterocycles. The fourth-order valence-corrected chi connectivity index (χ4v) is 2.87. The number of rotatable bonds is 5. The number of methoxy groups -OCH3 is 1. The summed E-state index contributed by atoms with van der Waals surface area (Å²) in [6.45, 7) is 0. The SMILES string of the molecule is COC(=O)Cc1csc(-c2cccc(Oc3ccccc3)c2)n1. The van der Waals surface area contributed by atoms with E-state index in [4.69, 9.17) is 4.74 Å². The number of benzene rings is 2. The third-order valence-corrected chi connectivity index (χ3v) is 4.10. The zero-order valence-corrected chi connectivity index (χ0v) is 13.4. The van der Waals surface area contributed by atoms with E-state index in [1.54, 1.807) is 0 Å². The van der Waals surface area contributed by atoms with E-state index in [-0.39, 0.29) is 12.4 Å². The van der Waals surface area contributed by atoms with Crippen LogP contribution in [0.25, 0.3) is 10.6 Å². The van der Waals surface area contributed by atoms with Crippen LogP contribution in [-0.4, -0.2) is 18.1 Å². The molecular formula is C18H15NO3S. The Morgan fingerprint density at radius 2 is 1.87 bits per heavy atom. The lowest BCUT2D eigenvalue weighted by Crippen LogP contribution is -2.04. The maximum absolute atomic E-state index is 11.3. The smallest absolute Gasteiger partial charge is 0.311 e. The lowest BCUT2D eigenvalue weighted by Gasteiger charge is -2.06. The molecule has 3 aromatic rings. The first-order chi connectivity index (χ1) is 11.2. The van der Waals surface area contributed by atoms with Gasteiger partial charge in [0.05, 0.1) is 19.2 Å². The van der Waals surface area contributed by atoms with Gasteiger partial charge in [0.1, 0.15) is 16.5 Å². The third kappa shape index (κ3) is 3.96. The standard InChI is InChI=1S/C18H15NO3S/c1-21-17(20)11-14-12-23-18(19-14)13-6-5-9-16(10-13)22-15-7-3-2-4-8-15/h2-10,12H,11H2,1H3. The summed E-state index contributed by atoms with van der Waals surface area (Å²) in [4.78, 5) is 15.8. The molecule has 2 aromatic carbocycles. The van der Waals surface area contributed by atoms with Crippen LogP contribution >= 0.6 is 11.3 Å². The Morgan fingerprint density at radius 1 is 1.09 bits per heavy atom. The minimum absolute atomic E-state index is 0.188. The van der Waals surface area contributed by atoms with E-state index in [0.717, 1.165) is 22.1 Å². The molecule has 0 aliphatic carbocycles. The summed E-state index contributed by atoms with van der Waals surface area (Å²) >= 11 is 1.50. The number of esters is 1. The molecule has 1 aromatic heterocycles. The molecule has 0 radical (unpaired) electrons. The Morgan fingerprint density at radius 3 is 2.65 bits per heavy atom. The molecule has 4 nitrogen and oxygen atoms in total. The van der Waals surface area contributed by atoms with E-state index in [0.29, 0.717) is 5.69 Å². The van der Waals surface area contributed by atoms with E-state index < -0.39 is 0 Å². The van der Waals surface area contributed by atoms with Gasteiger partial charge in [-0.05, 0) is 24.3 Å². The summed E-state index contributed by atoms with van der Waals surface area (Å²) in [5.41, 5.74) is 1.67. The fraction of sp³-hybridized carbons (Fsp3) is 0.111. The number of carbonyl (C=O) groups excluding carboxylic acids is 1. The highest BCUT2D eigenvalue weighted by Gasteiger charge is 2.10. The normalized spacial score (nSPS) is 10.3. The molecule has 116 valence electrons. The summed E-state index contributed by atoms with van der Waals surface area (Å²) in [5.74, 6) is 1.25. The number of hydrogen-bond acceptors (Lipinski definition) is 5. The molecule has 0 N–H and O–H groups in total. The second kappa shape index (κ2) is 7.07. The third-order valence-electron chi connectivity index (χ3n) is 3.16. The van der Waals surface area contributed by atoms with Crippen molar-refractivity contribution in [1.82, 2.24) is 4.98 Å². The van der Waals surface area contributed by atoms with Crippen LogP contribution in [0, 0.1) is 0 Å². The van der Waals surface area contributed by atoms with Crippen molar-refractivity contribution >= 4 is 17.3 Å². The van der Waals surface area contributed by atoms with Crippen LogP contribution in [0.1, 0.15) is 5.69 Å². The zero-order chi connectivity index (χ0) is 16.1. The van der Waals surface area contributed by atoms with Gasteiger partial charge < -0.3 is 9.47 Å². The molecule has 0 unspecified atom stereocenters. The molecule has 0 spiro atoms. The number of ether oxygens (including phenoxy) is 2. The van der Waals surface area contributed by atoms with Gasteiger partial charge in [0.15, 0.2) is 0 Å². The largest absolute Gasteiger partial charge is 0.469 e. The van der Waals surface area contributed by atoms with Crippen LogP contribution < -0.4 is 4.74 Å². The summed E-state index contributed by atoms with van der Waals surface area (Å²) in [6, 6.07) is 17.4. The van der Waals surface area contributed by atoms with E-state index in [1.165, 1.54) is 18.4 Å². The molecule has 3 rings (SSSR count). The molecule has 0 fully saturated rings. The second-order valence-electron chi connectivity index (χ2n) is 4.84. The van der Waals surface area contributed by atoms with Crippen LogP contribution in [0.3, 0.4) is 0 Å². The first-order valence-corrected chi connectivity index (χ1v) is 7.97. The first-order valence-electron chi connectivity index (χ1n) is 7.09. The lowest BCUT2D eigenvalue weighted by atomic mass is 10.2. The lowest BCUT2D eigenvalue weighted by molar-refractivity contribution is -0.139. The van der Waals surface area contributed by atoms with Crippen LogP contribution in [0.15, 0.2) is 60.0 Å². The Kier molecular flexibility index (Phi) is 4.68. The molecular weight excluding hydrogens is 310 g/mol. The summed E-state index contributed by atoms with van der Waals surface area (Å²) < 4.78 is 10.5. The number of hydrogen-bond donors (Lipinski definition) is 0. The topological polar surface area (TPSA) is 48.4 Å². The van der Waals surface area contributed by atoms with Gasteiger partial charge in [-0.25, -0.2) is 4.98 Å². The van der Waals surface area contributed by atoms with E-state index in [2.05, 4.69) is 9.72 Å². The number of para-hydroxylation sites is 1. The second-order valence-corrected chi connectivity index (χ2v) is 5.70. The van der Waals surface area contributed by atoms with Gasteiger partial charge in [0, 0.05) is 10.9 Å². The highest BCUT2D eigenvalue weighted by molar-refractivity contribution is 7.13. The maximum Gasteiger partial charge on any atom is 0.311 e. The average molecular weight is 325 g/mol. The van der Waals surface area contributed by atoms with Crippen LogP contribution in [0.4, 0.5) is 0 Å². The van der Waals surface area contributed by atoms with Crippen molar-refractivity contribution in [2.45, 2.75) is 6.42 Å². The molecule has 0 saturated carbocycles. The van der Waals surface area contributed by atoms with Crippen LogP contribution in [-0.2, 0) is 16.0 Å². The Labute approximate surface area is 138 Å². The maximum atomic E-state index is 11.3. The summed E-state index contributed by atoms with van der Waals surface area (Å²) in [5, 5.41) is 2.72. The van der Waals surface area contributed by atoms with E-state index in [1.807, 2.05) is 60.0 Å². The molecule has 0 amide bonds. The number of aromatic nitrogens is 1. The molecule has 0 aliphatic heterocycles. The number of carbonyl (C=O) groups is 1. The van der Waals surface area contributed by atoms with Gasteiger partial charge in [-0.2, -0.15) is 0 Å². The van der Waals surface area contributed by atoms with Gasteiger partial charge in [0.25, 0.3) is 0 Å². The predicted molar refractivity (Wildman–Crippen MR) is 89.8 cm³/mol. The summed E-state index contributed by atoms with van der Waals surface area (Å²) in [6.07, 6.45) is 0.188. The first kappa shape index (κ1) is 15.2. The highest BCUT2D eigenvalue weighted by Crippen LogP contribution is 2.29. The summed E-state index contributed by atoms with van der Waals surface area (Å²) in [7, 11) is 1.38. The van der Waals surface area contributed by atoms with Crippen molar-refractivity contribution < 1.29 is 14.3 Å². The van der Waals surface area contributed by atoms with Gasteiger partial charge in [-0.3, -0.25) is 4.79 Å². The van der Waals surface area contributed by atoms with Crippen molar-refractivity contribution in [2.75, 3.05) is 7.11 Å². The number of thiazole rings is 1. The highest BCUT2D eigenvalue weighted by atomic mass is 32.1. The van der Waals surface area contributed by atoms with Crippen molar-refractivity contribution in [3.8, 4) is 22.1 Å². The molecule has 1 heterocycles. The van der Waals surface area contributed by atoms with E-state index in [9.17, 15) is 4.79 Å². The van der Waals surface area contributed by atoms with E-state index >= 15 is 0 Å². The van der Waals surface area contributed by atoms with Crippen LogP contribution in [0.5, 0.6) is 11.5 Å². The predicted octanol–water partition coefficient (Wildman–Crippen LogP) is 4.32. The number of nitrogens with zero attached hydrogens (tertiary/aromatic N) is 1. The minimum Gasteiger partial charge on any atom is -0.469 e. The minimum atomic E-state index is -0.289. The Hall–Kier alpha value is -2.66. The molecule has 5 heteroatoms. The average Bonchev–Trinajstić information content (AvgIpc) is 3.04. The fourth-order valence-electron chi connectivity index (χ4n) is 2.06. The van der Waals surface area contributed by atoms with Crippen molar-refractivity contribution in [3.63, 3.8) is 0 Å². The molecule has 0 aliphatic rings. The van der Waals surface area contributed by atoms with Crippen molar-refractivity contribution in [3.05, 3.63) is 65.7 Å². The molecule has 23 heavy (non-hydrogen) atoms. The van der Waals surface area contributed by atoms with Gasteiger partial charge in [-0.1, -0.05) is 30.3 Å². The molecule has 0 atom stereocenters. The molecule has 0 bridgehead atoms. The van der Waals surface area contributed by atoms with Crippen molar-refractivity contribution in [1.29, 1.82) is 0 Å². The van der Waals surface area contributed by atoms with Gasteiger partial charge in [0.2, 0.25) is 0 Å². The van der Waals surface area contributed by atoms with Gasteiger partial charge in [-0.15, -0.1) is 11.3 Å². The quantitative estimate of drug-likeness (QED) is 0.656. The monoisotopic (exact) mass is 325 g/mol. The van der Waals surface area contributed by atoms with Crippen molar-refractivity contribution in [2.24, 2.45) is 0 Å².